The van der Waals surface area contributed by atoms with E-state index in [0.29, 0.717) is 12.3 Å². The number of aliphatic hydroxyl groups is 1. The number of amides is 2. The molecule has 0 aliphatic rings. The van der Waals surface area contributed by atoms with Crippen molar-refractivity contribution in [2.24, 2.45) is 23.1 Å². The number of carbonyl (C=O) groups is 2. The maximum absolute atomic E-state index is 10.1. The van der Waals surface area contributed by atoms with E-state index in [1.165, 1.54) is 11.3 Å². The summed E-state index contributed by atoms with van der Waals surface area (Å²) >= 11 is 11.1. The predicted molar refractivity (Wildman–Crippen MR) is 94.1 cm³/mol. The van der Waals surface area contributed by atoms with Crippen LogP contribution in [0.1, 0.15) is 26.7 Å². The first-order valence-corrected chi connectivity index (χ1v) is 8.19. The average molecular weight is 370 g/mol. The summed E-state index contributed by atoms with van der Waals surface area (Å²) in [6, 6.07) is 1.81. The van der Waals surface area contributed by atoms with Crippen LogP contribution in [0.4, 0.5) is 0 Å². The van der Waals surface area contributed by atoms with E-state index in [4.69, 9.17) is 28.2 Å². The van der Waals surface area contributed by atoms with Crippen molar-refractivity contribution in [1.29, 1.82) is 0 Å². The van der Waals surface area contributed by atoms with Gasteiger partial charge in [-0.15, -0.1) is 24.0 Å². The van der Waals surface area contributed by atoms with Crippen LogP contribution in [0.2, 0.25) is 5.02 Å². The monoisotopic (exact) mass is 369 g/mol. The molecule has 0 saturated carbocycles. The highest BCUT2D eigenvalue weighted by Crippen LogP contribution is 2.21. The molecule has 0 fully saturated rings. The van der Waals surface area contributed by atoms with Crippen LogP contribution in [0, 0.1) is 5.92 Å². The molecule has 0 bridgehead atoms. The van der Waals surface area contributed by atoms with Crippen LogP contribution in [0.5, 0.6) is 0 Å². The van der Waals surface area contributed by atoms with Gasteiger partial charge in [0.05, 0.1) is 9.23 Å². The van der Waals surface area contributed by atoms with Crippen molar-refractivity contribution in [3.63, 3.8) is 0 Å². The van der Waals surface area contributed by atoms with Gasteiger partial charge in [-0.3, -0.25) is 9.59 Å². The van der Waals surface area contributed by atoms with E-state index in [9.17, 15) is 9.59 Å². The number of carbonyl (C=O) groups excluding carboxylic acids is 2. The van der Waals surface area contributed by atoms with E-state index in [1.807, 2.05) is 11.4 Å². The second kappa shape index (κ2) is 13.8. The Labute approximate surface area is 145 Å². The number of primary amides is 2. The molecule has 1 rings (SSSR count). The standard InChI is InChI=1S/C6H13NO.C4H3ClS2.C3H8N2O2/c1-5(2)3-4-6(7)8;5-3-1-4(6)7-2-3;4-1-2(6)3(5)7/h5H,3-4H2,1-2H3,(H2,7,8);1-2,6H;2,6H,1,4H2,(H2,5,7). The quantitative estimate of drug-likeness (QED) is 0.501. The van der Waals surface area contributed by atoms with Crippen LogP contribution in [-0.2, 0) is 9.59 Å². The Kier molecular flexibility index (Phi) is 14.8. The largest absolute Gasteiger partial charge is 0.382 e. The Bertz CT molecular complexity index is 425. The minimum atomic E-state index is -1.18. The van der Waals surface area contributed by atoms with Crippen LogP contribution in [0.15, 0.2) is 15.7 Å². The number of thiophene rings is 1. The molecular weight excluding hydrogens is 346 g/mol. The number of nitrogens with two attached hydrogens (primary N) is 3. The second-order valence-corrected chi connectivity index (χ2v) is 6.79. The average Bonchev–Trinajstić information content (AvgIpc) is 2.80. The summed E-state index contributed by atoms with van der Waals surface area (Å²) in [6.07, 6.45) is 0.257. The fraction of sp³-hybridized carbons (Fsp3) is 0.538. The van der Waals surface area contributed by atoms with Gasteiger partial charge in [-0.2, -0.15) is 0 Å². The van der Waals surface area contributed by atoms with E-state index in [1.54, 1.807) is 0 Å². The zero-order valence-corrected chi connectivity index (χ0v) is 15.1. The Morgan fingerprint density at radius 1 is 1.41 bits per heavy atom. The van der Waals surface area contributed by atoms with Gasteiger partial charge in [0.1, 0.15) is 6.10 Å². The van der Waals surface area contributed by atoms with Crippen molar-refractivity contribution in [3.05, 3.63) is 16.5 Å². The van der Waals surface area contributed by atoms with Gasteiger partial charge in [-0.1, -0.05) is 25.4 Å². The van der Waals surface area contributed by atoms with E-state index in [2.05, 4.69) is 32.2 Å². The highest BCUT2D eigenvalue weighted by Gasteiger charge is 2.05. The molecule has 0 saturated heterocycles. The fourth-order valence-electron chi connectivity index (χ4n) is 0.850. The van der Waals surface area contributed by atoms with Gasteiger partial charge in [-0.25, -0.2) is 0 Å². The molecule has 0 radical (unpaired) electrons. The molecule has 128 valence electrons. The molecule has 1 aromatic rings. The number of hydrogen-bond donors (Lipinski definition) is 5. The number of halogens is 1. The molecule has 0 aliphatic carbocycles. The van der Waals surface area contributed by atoms with Gasteiger partial charge < -0.3 is 22.3 Å². The van der Waals surface area contributed by atoms with Gasteiger partial charge in [-0.05, 0) is 18.4 Å². The summed E-state index contributed by atoms with van der Waals surface area (Å²) in [6.45, 7) is 4.04. The van der Waals surface area contributed by atoms with Crippen LogP contribution < -0.4 is 17.2 Å². The summed E-state index contributed by atoms with van der Waals surface area (Å²) in [7, 11) is 0. The van der Waals surface area contributed by atoms with Gasteiger partial charge in [0, 0.05) is 18.3 Å². The summed E-state index contributed by atoms with van der Waals surface area (Å²) in [4.78, 5) is 19.9. The lowest BCUT2D eigenvalue weighted by Crippen LogP contribution is -2.34. The number of aliphatic hydroxyl groups excluding tert-OH is 1. The van der Waals surface area contributed by atoms with Crippen molar-refractivity contribution in [2.75, 3.05) is 6.54 Å². The first-order chi connectivity index (χ1) is 10.1. The van der Waals surface area contributed by atoms with Gasteiger partial charge in [0.15, 0.2) is 0 Å². The first kappa shape index (κ1) is 23.5. The van der Waals surface area contributed by atoms with Crippen molar-refractivity contribution >= 4 is 47.4 Å². The first-order valence-electron chi connectivity index (χ1n) is 6.48. The Hall–Kier alpha value is -0.800. The molecule has 22 heavy (non-hydrogen) atoms. The molecule has 6 nitrogen and oxygen atoms in total. The topological polar surface area (TPSA) is 132 Å². The third-order valence-corrected chi connectivity index (χ3v) is 3.60. The lowest BCUT2D eigenvalue weighted by atomic mass is 10.1. The number of thiol groups is 1. The van der Waals surface area contributed by atoms with Crippen molar-refractivity contribution in [1.82, 2.24) is 0 Å². The van der Waals surface area contributed by atoms with Crippen LogP contribution in [0.3, 0.4) is 0 Å². The van der Waals surface area contributed by atoms with Crippen molar-refractivity contribution < 1.29 is 14.7 Å². The van der Waals surface area contributed by atoms with E-state index in [0.717, 1.165) is 15.7 Å². The predicted octanol–water partition coefficient (Wildman–Crippen LogP) is 1.39. The minimum Gasteiger partial charge on any atom is -0.382 e. The van der Waals surface area contributed by atoms with E-state index in [-0.39, 0.29) is 12.5 Å². The van der Waals surface area contributed by atoms with Crippen LogP contribution in [0.25, 0.3) is 0 Å². The normalized spacial score (nSPS) is 10.9. The van der Waals surface area contributed by atoms with Gasteiger partial charge in [0.2, 0.25) is 11.8 Å². The molecule has 9 heteroatoms. The van der Waals surface area contributed by atoms with Crippen molar-refractivity contribution in [2.45, 2.75) is 37.0 Å². The molecule has 1 heterocycles. The highest BCUT2D eigenvalue weighted by molar-refractivity contribution is 7.82. The van der Waals surface area contributed by atoms with Crippen LogP contribution >= 0.6 is 35.6 Å². The molecule has 0 aliphatic heterocycles. The molecular formula is C13H24ClN3O3S2. The summed E-state index contributed by atoms with van der Waals surface area (Å²) in [5.41, 5.74) is 14.3. The number of rotatable bonds is 5. The fourth-order valence-corrected chi connectivity index (χ4v) is 2.03. The lowest BCUT2D eigenvalue weighted by molar-refractivity contribution is -0.125. The Morgan fingerprint density at radius 2 is 1.95 bits per heavy atom. The molecule has 0 spiro atoms. The smallest absolute Gasteiger partial charge is 0.247 e. The maximum Gasteiger partial charge on any atom is 0.247 e. The third-order valence-electron chi connectivity index (χ3n) is 2.07. The minimum absolute atomic E-state index is 0.102. The Balaban J connectivity index is 0. The zero-order chi connectivity index (χ0) is 17.7. The van der Waals surface area contributed by atoms with Gasteiger partial charge in [0.25, 0.3) is 0 Å². The molecule has 1 aromatic heterocycles. The zero-order valence-electron chi connectivity index (χ0n) is 12.7. The molecule has 2 amide bonds. The highest BCUT2D eigenvalue weighted by atomic mass is 35.5. The second-order valence-electron chi connectivity index (χ2n) is 4.66. The molecule has 0 aromatic carbocycles. The third kappa shape index (κ3) is 17.3. The SMILES string of the molecule is CC(C)CCC(N)=O.NCC(O)C(N)=O.Sc1cc(Cl)cs1. The van der Waals surface area contributed by atoms with E-state index < -0.39 is 12.0 Å². The lowest BCUT2D eigenvalue weighted by Gasteiger charge is -1.98. The molecule has 7 N–H and O–H groups in total. The van der Waals surface area contributed by atoms with Crippen LogP contribution in [-0.4, -0.2) is 29.6 Å². The molecule has 1 atom stereocenters. The summed E-state index contributed by atoms with van der Waals surface area (Å²) in [5, 5.41) is 11.0. The molecule has 1 unspecified atom stereocenters. The van der Waals surface area contributed by atoms with E-state index >= 15 is 0 Å². The van der Waals surface area contributed by atoms with Crippen molar-refractivity contribution in [3.8, 4) is 0 Å². The Morgan fingerprint density at radius 3 is 2.05 bits per heavy atom. The summed E-state index contributed by atoms with van der Waals surface area (Å²) < 4.78 is 0.963. The maximum atomic E-state index is 10.1. The van der Waals surface area contributed by atoms with Gasteiger partial charge >= 0.3 is 0 Å². The number of hydrogen-bond acceptors (Lipinski definition) is 6. The summed E-state index contributed by atoms with van der Waals surface area (Å²) in [5.74, 6) is -0.385.